The average molecular weight is 369 g/mol. The molecule has 2 aromatic carbocycles. The van der Waals surface area contributed by atoms with Gasteiger partial charge in [0.25, 0.3) is 5.91 Å². The van der Waals surface area contributed by atoms with E-state index in [2.05, 4.69) is 5.32 Å². The topological polar surface area (TPSA) is 56.8 Å². The Morgan fingerprint density at radius 2 is 1.93 bits per heavy atom. The Hall–Kier alpha value is -2.69. The standard InChI is InChI=1S/C22H27NO4/c1-14-10-11-16-17(13-22(3,4)27-20(16)12-14)23-21(24)15(2)26-19-9-7-6-8-18(19)25-5/h6-12,15,17H,13H2,1-5H3,(H,23,24)/t15-,17-/m0/s1. The molecule has 0 saturated heterocycles. The van der Waals surface area contributed by atoms with Crippen LogP contribution in [0.3, 0.4) is 0 Å². The molecule has 0 aromatic heterocycles. The SMILES string of the molecule is COc1ccccc1O[C@@H](C)C(=O)N[C@H]1CC(C)(C)Oc2cc(C)ccc21. The smallest absolute Gasteiger partial charge is 0.261 e. The molecule has 0 radical (unpaired) electrons. The molecule has 1 heterocycles. The summed E-state index contributed by atoms with van der Waals surface area (Å²) >= 11 is 0. The summed E-state index contributed by atoms with van der Waals surface area (Å²) in [5.74, 6) is 1.81. The number of fused-ring (bicyclic) bond motifs is 1. The van der Waals surface area contributed by atoms with Crippen molar-refractivity contribution < 1.29 is 19.0 Å². The highest BCUT2D eigenvalue weighted by Crippen LogP contribution is 2.40. The maximum absolute atomic E-state index is 12.8. The number of methoxy groups -OCH3 is 1. The van der Waals surface area contributed by atoms with Gasteiger partial charge in [-0.3, -0.25) is 4.79 Å². The van der Waals surface area contributed by atoms with Gasteiger partial charge in [0.05, 0.1) is 13.2 Å². The number of hydrogen-bond donors (Lipinski definition) is 1. The van der Waals surface area contributed by atoms with Crippen molar-refractivity contribution in [2.24, 2.45) is 0 Å². The second kappa shape index (κ2) is 7.51. The molecule has 0 bridgehead atoms. The second-order valence-corrected chi connectivity index (χ2v) is 7.58. The minimum atomic E-state index is -0.652. The molecule has 5 nitrogen and oxygen atoms in total. The lowest BCUT2D eigenvalue weighted by atomic mass is 9.89. The molecule has 144 valence electrons. The zero-order valence-corrected chi connectivity index (χ0v) is 16.5. The van der Waals surface area contributed by atoms with Crippen molar-refractivity contribution in [2.75, 3.05) is 7.11 Å². The molecule has 1 N–H and O–H groups in total. The molecule has 0 spiro atoms. The molecule has 0 saturated carbocycles. The lowest BCUT2D eigenvalue weighted by Crippen LogP contribution is -2.44. The van der Waals surface area contributed by atoms with E-state index in [0.29, 0.717) is 17.9 Å². The number of amides is 1. The average Bonchev–Trinajstić information content (AvgIpc) is 2.60. The Kier molecular flexibility index (Phi) is 5.31. The minimum absolute atomic E-state index is 0.124. The number of aryl methyl sites for hydroxylation is 1. The van der Waals surface area contributed by atoms with Crippen LogP contribution in [0.2, 0.25) is 0 Å². The fourth-order valence-electron chi connectivity index (χ4n) is 3.34. The van der Waals surface area contributed by atoms with E-state index in [9.17, 15) is 4.79 Å². The van der Waals surface area contributed by atoms with Gasteiger partial charge >= 0.3 is 0 Å². The number of ether oxygens (including phenoxy) is 3. The van der Waals surface area contributed by atoms with Crippen LogP contribution in [0.5, 0.6) is 17.2 Å². The number of nitrogens with one attached hydrogen (secondary N) is 1. The van der Waals surface area contributed by atoms with E-state index in [1.807, 2.05) is 51.1 Å². The maximum Gasteiger partial charge on any atom is 0.261 e. The molecule has 1 amide bonds. The minimum Gasteiger partial charge on any atom is -0.493 e. The quantitative estimate of drug-likeness (QED) is 0.859. The number of carbonyl (C=O) groups is 1. The monoisotopic (exact) mass is 369 g/mol. The molecule has 5 heteroatoms. The molecule has 0 unspecified atom stereocenters. The molecular weight excluding hydrogens is 342 g/mol. The van der Waals surface area contributed by atoms with Crippen LogP contribution in [0, 0.1) is 6.92 Å². The zero-order chi connectivity index (χ0) is 19.6. The number of hydrogen-bond acceptors (Lipinski definition) is 4. The van der Waals surface area contributed by atoms with Gasteiger partial charge in [0, 0.05) is 12.0 Å². The first kappa shape index (κ1) is 19.1. The van der Waals surface area contributed by atoms with Gasteiger partial charge in [-0.2, -0.15) is 0 Å². The summed E-state index contributed by atoms with van der Waals surface area (Å²) in [6, 6.07) is 13.3. The van der Waals surface area contributed by atoms with Crippen molar-refractivity contribution in [2.45, 2.75) is 51.9 Å². The van der Waals surface area contributed by atoms with E-state index < -0.39 is 6.10 Å². The van der Waals surface area contributed by atoms with Gasteiger partial charge in [-0.1, -0.05) is 24.3 Å². The van der Waals surface area contributed by atoms with Gasteiger partial charge in [-0.15, -0.1) is 0 Å². The van der Waals surface area contributed by atoms with Crippen LogP contribution in [-0.2, 0) is 4.79 Å². The van der Waals surface area contributed by atoms with Crippen molar-refractivity contribution in [3.8, 4) is 17.2 Å². The third kappa shape index (κ3) is 4.35. The fraction of sp³-hybridized carbons (Fsp3) is 0.409. The molecule has 2 aromatic rings. The number of rotatable bonds is 5. The molecule has 1 aliphatic rings. The summed E-state index contributed by atoms with van der Waals surface area (Å²) in [6.45, 7) is 7.84. The van der Waals surface area contributed by atoms with Crippen LogP contribution in [0.25, 0.3) is 0 Å². The van der Waals surface area contributed by atoms with Crippen molar-refractivity contribution in [3.05, 3.63) is 53.6 Å². The number of carbonyl (C=O) groups excluding carboxylic acids is 1. The predicted molar refractivity (Wildman–Crippen MR) is 104 cm³/mol. The first-order chi connectivity index (χ1) is 12.8. The summed E-state index contributed by atoms with van der Waals surface area (Å²) in [5, 5.41) is 3.12. The van der Waals surface area contributed by atoms with Crippen molar-refractivity contribution in [3.63, 3.8) is 0 Å². The van der Waals surface area contributed by atoms with Gasteiger partial charge in [0.1, 0.15) is 11.4 Å². The predicted octanol–water partition coefficient (Wildman–Crippen LogP) is 4.19. The molecule has 2 atom stereocenters. The Bertz CT molecular complexity index is 831. The molecule has 27 heavy (non-hydrogen) atoms. The van der Waals surface area contributed by atoms with Crippen LogP contribution in [-0.4, -0.2) is 24.7 Å². The Balaban J connectivity index is 1.75. The highest BCUT2D eigenvalue weighted by molar-refractivity contribution is 5.81. The van der Waals surface area contributed by atoms with Gasteiger partial charge < -0.3 is 19.5 Å². The van der Waals surface area contributed by atoms with E-state index in [1.54, 1.807) is 26.2 Å². The largest absolute Gasteiger partial charge is 0.493 e. The zero-order valence-electron chi connectivity index (χ0n) is 16.5. The molecule has 3 rings (SSSR count). The molecule has 1 aliphatic heterocycles. The summed E-state index contributed by atoms with van der Waals surface area (Å²) < 4.78 is 17.2. The first-order valence-corrected chi connectivity index (χ1v) is 9.19. The molecular formula is C22H27NO4. The summed E-state index contributed by atoms with van der Waals surface area (Å²) in [7, 11) is 1.58. The highest BCUT2D eigenvalue weighted by Gasteiger charge is 2.35. The van der Waals surface area contributed by atoms with Crippen LogP contribution in [0.15, 0.2) is 42.5 Å². The normalized spacial score (nSPS) is 18.6. The van der Waals surface area contributed by atoms with Crippen LogP contribution in [0.4, 0.5) is 0 Å². The van der Waals surface area contributed by atoms with E-state index >= 15 is 0 Å². The van der Waals surface area contributed by atoms with Crippen molar-refractivity contribution in [1.29, 1.82) is 0 Å². The summed E-state index contributed by atoms with van der Waals surface area (Å²) in [6.07, 6.45) is 0.0389. The van der Waals surface area contributed by atoms with Gasteiger partial charge in [-0.25, -0.2) is 0 Å². The third-order valence-electron chi connectivity index (χ3n) is 4.68. The van der Waals surface area contributed by atoms with E-state index in [0.717, 1.165) is 16.9 Å². The van der Waals surface area contributed by atoms with Crippen molar-refractivity contribution in [1.82, 2.24) is 5.32 Å². The lowest BCUT2D eigenvalue weighted by molar-refractivity contribution is -0.128. The Morgan fingerprint density at radius 3 is 2.63 bits per heavy atom. The first-order valence-electron chi connectivity index (χ1n) is 9.19. The Morgan fingerprint density at radius 1 is 1.22 bits per heavy atom. The maximum atomic E-state index is 12.8. The van der Waals surface area contributed by atoms with Gasteiger partial charge in [0.2, 0.25) is 0 Å². The van der Waals surface area contributed by atoms with E-state index in [1.165, 1.54) is 0 Å². The van der Waals surface area contributed by atoms with Crippen LogP contribution in [0.1, 0.15) is 44.4 Å². The molecule has 0 aliphatic carbocycles. The second-order valence-electron chi connectivity index (χ2n) is 7.58. The van der Waals surface area contributed by atoms with E-state index in [-0.39, 0.29) is 17.6 Å². The summed E-state index contributed by atoms with van der Waals surface area (Å²) in [4.78, 5) is 12.8. The van der Waals surface area contributed by atoms with Gasteiger partial charge in [-0.05, 0) is 51.5 Å². The van der Waals surface area contributed by atoms with Crippen LogP contribution >= 0.6 is 0 Å². The van der Waals surface area contributed by atoms with Crippen LogP contribution < -0.4 is 19.5 Å². The fourth-order valence-corrected chi connectivity index (χ4v) is 3.34. The summed E-state index contributed by atoms with van der Waals surface area (Å²) in [5.41, 5.74) is 1.77. The highest BCUT2D eigenvalue weighted by atomic mass is 16.5. The van der Waals surface area contributed by atoms with E-state index in [4.69, 9.17) is 14.2 Å². The molecule has 0 fully saturated rings. The lowest BCUT2D eigenvalue weighted by Gasteiger charge is -2.38. The third-order valence-corrected chi connectivity index (χ3v) is 4.68. The van der Waals surface area contributed by atoms with Crippen molar-refractivity contribution >= 4 is 5.91 Å². The Labute approximate surface area is 160 Å². The number of benzene rings is 2. The number of para-hydroxylation sites is 2. The van der Waals surface area contributed by atoms with Gasteiger partial charge in [0.15, 0.2) is 17.6 Å².